The lowest BCUT2D eigenvalue weighted by Crippen LogP contribution is -2.34. The molecule has 0 atom stereocenters. The summed E-state index contributed by atoms with van der Waals surface area (Å²) in [6.07, 6.45) is 7.51. The van der Waals surface area contributed by atoms with Crippen molar-refractivity contribution in [2.45, 2.75) is 66.0 Å². The SMILES string of the molecule is CCN(c1cc(C)ncc1CNCC(C)C)C1CCCC1. The summed E-state index contributed by atoms with van der Waals surface area (Å²) in [5, 5.41) is 3.56. The third kappa shape index (κ3) is 4.44. The number of nitrogens with one attached hydrogen (secondary N) is 1. The number of pyridine rings is 1. The van der Waals surface area contributed by atoms with Gasteiger partial charge in [0.05, 0.1) is 0 Å². The quantitative estimate of drug-likeness (QED) is 0.825. The molecule has 1 aliphatic carbocycles. The molecule has 0 bridgehead atoms. The van der Waals surface area contributed by atoms with Gasteiger partial charge in [-0.25, -0.2) is 0 Å². The molecular formula is C18H31N3. The second kappa shape index (κ2) is 7.79. The fourth-order valence-corrected chi connectivity index (χ4v) is 3.31. The van der Waals surface area contributed by atoms with Crippen molar-refractivity contribution in [3.05, 3.63) is 23.5 Å². The molecule has 0 unspecified atom stereocenters. The van der Waals surface area contributed by atoms with E-state index in [1.54, 1.807) is 0 Å². The van der Waals surface area contributed by atoms with Gasteiger partial charge in [-0.1, -0.05) is 26.7 Å². The third-order valence-electron chi connectivity index (χ3n) is 4.38. The summed E-state index contributed by atoms with van der Waals surface area (Å²) >= 11 is 0. The average Bonchev–Trinajstić information content (AvgIpc) is 2.95. The van der Waals surface area contributed by atoms with Crippen molar-refractivity contribution in [3.8, 4) is 0 Å². The van der Waals surface area contributed by atoms with Gasteiger partial charge in [0.1, 0.15) is 0 Å². The first-order valence-electron chi connectivity index (χ1n) is 8.54. The zero-order chi connectivity index (χ0) is 15.2. The van der Waals surface area contributed by atoms with E-state index < -0.39 is 0 Å². The molecule has 1 aromatic rings. The van der Waals surface area contributed by atoms with Gasteiger partial charge in [0, 0.05) is 42.3 Å². The molecule has 1 aromatic heterocycles. The van der Waals surface area contributed by atoms with Crippen LogP contribution in [0.1, 0.15) is 57.7 Å². The van der Waals surface area contributed by atoms with Gasteiger partial charge in [-0.15, -0.1) is 0 Å². The number of rotatable bonds is 7. The van der Waals surface area contributed by atoms with Crippen molar-refractivity contribution < 1.29 is 0 Å². The van der Waals surface area contributed by atoms with Crippen LogP contribution in [0.25, 0.3) is 0 Å². The smallest absolute Gasteiger partial charge is 0.0447 e. The molecule has 1 aliphatic rings. The predicted molar refractivity (Wildman–Crippen MR) is 90.8 cm³/mol. The van der Waals surface area contributed by atoms with Crippen molar-refractivity contribution in [1.82, 2.24) is 10.3 Å². The molecule has 2 rings (SSSR count). The van der Waals surface area contributed by atoms with E-state index in [0.29, 0.717) is 5.92 Å². The first-order valence-corrected chi connectivity index (χ1v) is 8.54. The first kappa shape index (κ1) is 16.3. The van der Waals surface area contributed by atoms with Crippen LogP contribution in [0, 0.1) is 12.8 Å². The van der Waals surface area contributed by atoms with Gasteiger partial charge in [0.25, 0.3) is 0 Å². The molecule has 118 valence electrons. The van der Waals surface area contributed by atoms with Crippen LogP contribution in [0.3, 0.4) is 0 Å². The minimum absolute atomic E-state index is 0.684. The van der Waals surface area contributed by atoms with Gasteiger partial charge in [0.15, 0.2) is 0 Å². The van der Waals surface area contributed by atoms with E-state index in [4.69, 9.17) is 0 Å². The third-order valence-corrected chi connectivity index (χ3v) is 4.38. The largest absolute Gasteiger partial charge is 0.368 e. The van der Waals surface area contributed by atoms with Gasteiger partial charge < -0.3 is 10.2 Å². The fourth-order valence-electron chi connectivity index (χ4n) is 3.31. The van der Waals surface area contributed by atoms with Crippen LogP contribution in [0.5, 0.6) is 0 Å². The first-order chi connectivity index (χ1) is 10.1. The highest BCUT2D eigenvalue weighted by atomic mass is 15.2. The van der Waals surface area contributed by atoms with Crippen molar-refractivity contribution in [1.29, 1.82) is 0 Å². The Labute approximate surface area is 130 Å². The maximum absolute atomic E-state index is 4.51. The van der Waals surface area contributed by atoms with E-state index in [1.807, 2.05) is 0 Å². The van der Waals surface area contributed by atoms with Crippen LogP contribution in [0.15, 0.2) is 12.3 Å². The molecule has 0 saturated heterocycles. The minimum atomic E-state index is 0.684. The summed E-state index contributed by atoms with van der Waals surface area (Å²) in [5.41, 5.74) is 3.86. The van der Waals surface area contributed by atoms with Gasteiger partial charge in [-0.3, -0.25) is 4.98 Å². The topological polar surface area (TPSA) is 28.2 Å². The van der Waals surface area contributed by atoms with Gasteiger partial charge >= 0.3 is 0 Å². The van der Waals surface area contributed by atoms with E-state index in [1.165, 1.54) is 36.9 Å². The molecule has 0 radical (unpaired) electrons. The summed E-state index contributed by atoms with van der Waals surface area (Å²) in [6, 6.07) is 2.99. The predicted octanol–water partition coefficient (Wildman–Crippen LogP) is 3.90. The molecular weight excluding hydrogens is 258 g/mol. The Hall–Kier alpha value is -1.09. The second-order valence-electron chi connectivity index (χ2n) is 6.70. The Balaban J connectivity index is 2.16. The summed E-state index contributed by atoms with van der Waals surface area (Å²) in [6.45, 7) is 11.9. The van der Waals surface area contributed by atoms with Crippen molar-refractivity contribution in [2.24, 2.45) is 5.92 Å². The lowest BCUT2D eigenvalue weighted by molar-refractivity contribution is 0.549. The van der Waals surface area contributed by atoms with Crippen LogP contribution in [-0.4, -0.2) is 24.1 Å². The Morgan fingerprint density at radius 3 is 2.67 bits per heavy atom. The summed E-state index contributed by atoms with van der Waals surface area (Å²) in [7, 11) is 0. The van der Waals surface area contributed by atoms with E-state index >= 15 is 0 Å². The standard InChI is InChI=1S/C18H31N3/c1-5-21(17-8-6-7-9-17)18-10-15(4)20-13-16(18)12-19-11-14(2)3/h10,13-14,17,19H,5-9,11-12H2,1-4H3. The number of hydrogen-bond donors (Lipinski definition) is 1. The fraction of sp³-hybridized carbons (Fsp3) is 0.722. The van der Waals surface area contributed by atoms with Crippen LogP contribution in [0.2, 0.25) is 0 Å². The molecule has 1 saturated carbocycles. The van der Waals surface area contributed by atoms with E-state index in [2.05, 4.69) is 55.2 Å². The molecule has 3 heteroatoms. The summed E-state index contributed by atoms with van der Waals surface area (Å²) in [5.74, 6) is 0.684. The van der Waals surface area contributed by atoms with Gasteiger partial charge in [0.2, 0.25) is 0 Å². The van der Waals surface area contributed by atoms with Crippen LogP contribution >= 0.6 is 0 Å². The second-order valence-corrected chi connectivity index (χ2v) is 6.70. The number of anilines is 1. The summed E-state index contributed by atoms with van der Waals surface area (Å²) in [4.78, 5) is 7.12. The normalized spacial score (nSPS) is 15.9. The molecule has 1 heterocycles. The van der Waals surface area contributed by atoms with Crippen molar-refractivity contribution in [2.75, 3.05) is 18.0 Å². The highest BCUT2D eigenvalue weighted by molar-refractivity contribution is 5.54. The maximum Gasteiger partial charge on any atom is 0.0447 e. The lowest BCUT2D eigenvalue weighted by atomic mass is 10.1. The maximum atomic E-state index is 4.51. The molecule has 0 aromatic carbocycles. The molecule has 0 spiro atoms. The average molecular weight is 289 g/mol. The highest BCUT2D eigenvalue weighted by Gasteiger charge is 2.23. The Kier molecular flexibility index (Phi) is 6.04. The minimum Gasteiger partial charge on any atom is -0.368 e. The van der Waals surface area contributed by atoms with Crippen LogP contribution in [-0.2, 0) is 6.54 Å². The Morgan fingerprint density at radius 2 is 2.05 bits per heavy atom. The lowest BCUT2D eigenvalue weighted by Gasteiger charge is -2.32. The molecule has 3 nitrogen and oxygen atoms in total. The summed E-state index contributed by atoms with van der Waals surface area (Å²) < 4.78 is 0. The molecule has 1 fully saturated rings. The van der Waals surface area contributed by atoms with Gasteiger partial charge in [-0.2, -0.15) is 0 Å². The van der Waals surface area contributed by atoms with Crippen molar-refractivity contribution >= 4 is 5.69 Å². The Bertz CT molecular complexity index is 436. The van der Waals surface area contributed by atoms with Crippen LogP contribution < -0.4 is 10.2 Å². The van der Waals surface area contributed by atoms with E-state index in [-0.39, 0.29) is 0 Å². The number of nitrogens with zero attached hydrogens (tertiary/aromatic N) is 2. The zero-order valence-corrected chi connectivity index (χ0v) is 14.2. The van der Waals surface area contributed by atoms with E-state index in [0.717, 1.165) is 31.4 Å². The van der Waals surface area contributed by atoms with Gasteiger partial charge in [-0.05, 0) is 45.2 Å². The Morgan fingerprint density at radius 1 is 1.33 bits per heavy atom. The molecule has 0 amide bonds. The van der Waals surface area contributed by atoms with E-state index in [9.17, 15) is 0 Å². The number of aromatic nitrogens is 1. The zero-order valence-electron chi connectivity index (χ0n) is 14.2. The molecule has 1 N–H and O–H groups in total. The highest BCUT2D eigenvalue weighted by Crippen LogP contribution is 2.30. The molecule has 0 aliphatic heterocycles. The number of hydrogen-bond acceptors (Lipinski definition) is 3. The van der Waals surface area contributed by atoms with Crippen LogP contribution in [0.4, 0.5) is 5.69 Å². The number of aryl methyl sites for hydroxylation is 1. The van der Waals surface area contributed by atoms with Crippen molar-refractivity contribution in [3.63, 3.8) is 0 Å². The molecule has 21 heavy (non-hydrogen) atoms. The monoisotopic (exact) mass is 289 g/mol.